The predicted octanol–water partition coefficient (Wildman–Crippen LogP) is 2.55. The largest absolute Gasteiger partial charge is 0.492 e. The van der Waals surface area contributed by atoms with Crippen molar-refractivity contribution in [3.63, 3.8) is 0 Å². The molecular weight excluding hydrogens is 282 g/mol. The van der Waals surface area contributed by atoms with Gasteiger partial charge in [-0.2, -0.15) is 0 Å². The SMILES string of the molecule is CCOc1ccccc1NC(=O)[C@@H]1[C@@H](C(=O)O)[C@H]2C=C[C@@H]1C2. The summed E-state index contributed by atoms with van der Waals surface area (Å²) in [6.45, 7) is 2.38. The average Bonchev–Trinajstić information content (AvgIpc) is 3.10. The Balaban J connectivity index is 1.80. The molecule has 5 heteroatoms. The molecular formula is C17H19NO4. The average molecular weight is 301 g/mol. The molecule has 2 aliphatic carbocycles. The second-order valence-electron chi connectivity index (χ2n) is 5.76. The van der Waals surface area contributed by atoms with Crippen molar-refractivity contribution in [3.05, 3.63) is 36.4 Å². The van der Waals surface area contributed by atoms with Crippen LogP contribution in [0.1, 0.15) is 13.3 Å². The lowest BCUT2D eigenvalue weighted by atomic mass is 9.82. The molecule has 2 aliphatic rings. The van der Waals surface area contributed by atoms with Crippen molar-refractivity contribution in [2.75, 3.05) is 11.9 Å². The van der Waals surface area contributed by atoms with Crippen molar-refractivity contribution < 1.29 is 19.4 Å². The second kappa shape index (κ2) is 5.83. The van der Waals surface area contributed by atoms with Crippen LogP contribution in [0.2, 0.25) is 0 Å². The van der Waals surface area contributed by atoms with Gasteiger partial charge in [0.25, 0.3) is 0 Å². The zero-order valence-corrected chi connectivity index (χ0v) is 12.4. The summed E-state index contributed by atoms with van der Waals surface area (Å²) in [6.07, 6.45) is 4.66. The number of hydrogen-bond acceptors (Lipinski definition) is 3. The smallest absolute Gasteiger partial charge is 0.307 e. The number of amides is 1. The standard InChI is InChI=1S/C17H19NO4/c1-2-22-13-6-4-3-5-12(13)18-16(19)14-10-7-8-11(9-10)15(14)17(20)21/h3-8,10-11,14-15H,2,9H2,1H3,(H,18,19)(H,20,21)/t10-,11+,14+,15+/m1/s1. The van der Waals surface area contributed by atoms with Crippen LogP contribution in [0, 0.1) is 23.7 Å². The van der Waals surface area contributed by atoms with Crippen LogP contribution >= 0.6 is 0 Å². The Morgan fingerprint density at radius 3 is 2.59 bits per heavy atom. The summed E-state index contributed by atoms with van der Waals surface area (Å²) in [5.41, 5.74) is 0.588. The van der Waals surface area contributed by atoms with E-state index >= 15 is 0 Å². The molecule has 0 saturated heterocycles. The van der Waals surface area contributed by atoms with E-state index in [-0.39, 0.29) is 17.7 Å². The van der Waals surface area contributed by atoms with E-state index < -0.39 is 17.8 Å². The molecule has 0 heterocycles. The predicted molar refractivity (Wildman–Crippen MR) is 81.6 cm³/mol. The highest BCUT2D eigenvalue weighted by molar-refractivity contribution is 5.97. The van der Waals surface area contributed by atoms with Gasteiger partial charge >= 0.3 is 5.97 Å². The monoisotopic (exact) mass is 301 g/mol. The molecule has 116 valence electrons. The molecule has 1 saturated carbocycles. The first-order valence-corrected chi connectivity index (χ1v) is 7.55. The summed E-state index contributed by atoms with van der Waals surface area (Å²) in [5, 5.41) is 12.3. The summed E-state index contributed by atoms with van der Waals surface area (Å²) in [4.78, 5) is 24.1. The zero-order valence-electron chi connectivity index (χ0n) is 12.4. The number of ether oxygens (including phenoxy) is 1. The minimum atomic E-state index is -0.893. The van der Waals surface area contributed by atoms with Crippen molar-refractivity contribution in [2.24, 2.45) is 23.7 Å². The molecule has 0 radical (unpaired) electrons. The molecule has 1 aromatic carbocycles. The van der Waals surface area contributed by atoms with E-state index in [9.17, 15) is 14.7 Å². The van der Waals surface area contributed by atoms with Gasteiger partial charge in [0, 0.05) is 0 Å². The Hall–Kier alpha value is -2.30. The van der Waals surface area contributed by atoms with E-state index in [1.807, 2.05) is 31.2 Å². The summed E-state index contributed by atoms with van der Waals surface area (Å²) in [6, 6.07) is 7.20. The van der Waals surface area contributed by atoms with Crippen LogP contribution in [0.15, 0.2) is 36.4 Å². The van der Waals surface area contributed by atoms with E-state index in [1.54, 1.807) is 12.1 Å². The Morgan fingerprint density at radius 2 is 1.91 bits per heavy atom. The number of fused-ring (bicyclic) bond motifs is 2. The number of rotatable bonds is 5. The third-order valence-electron chi connectivity index (χ3n) is 4.49. The Labute approximate surface area is 129 Å². The van der Waals surface area contributed by atoms with Gasteiger partial charge in [0.1, 0.15) is 5.75 Å². The fraction of sp³-hybridized carbons (Fsp3) is 0.412. The van der Waals surface area contributed by atoms with Gasteiger partial charge in [-0.25, -0.2) is 0 Å². The minimum absolute atomic E-state index is 0.0188. The van der Waals surface area contributed by atoms with Crippen molar-refractivity contribution in [2.45, 2.75) is 13.3 Å². The van der Waals surface area contributed by atoms with E-state index in [4.69, 9.17) is 4.74 Å². The van der Waals surface area contributed by atoms with Crippen LogP contribution in [0.3, 0.4) is 0 Å². The first kappa shape index (κ1) is 14.6. The van der Waals surface area contributed by atoms with Crippen molar-refractivity contribution in [3.8, 4) is 5.75 Å². The van der Waals surface area contributed by atoms with Crippen LogP contribution < -0.4 is 10.1 Å². The highest BCUT2D eigenvalue weighted by Gasteiger charge is 2.51. The number of carbonyl (C=O) groups excluding carboxylic acids is 1. The summed E-state index contributed by atoms with van der Waals surface area (Å²) in [7, 11) is 0. The number of aliphatic carboxylic acids is 1. The molecule has 0 unspecified atom stereocenters. The van der Waals surface area contributed by atoms with E-state index in [2.05, 4.69) is 5.32 Å². The van der Waals surface area contributed by atoms with E-state index in [0.717, 1.165) is 6.42 Å². The van der Waals surface area contributed by atoms with Gasteiger partial charge in [-0.1, -0.05) is 24.3 Å². The van der Waals surface area contributed by atoms with E-state index in [0.29, 0.717) is 18.0 Å². The number of anilines is 1. The Kier molecular flexibility index (Phi) is 3.88. The number of allylic oxidation sites excluding steroid dienone is 2. The van der Waals surface area contributed by atoms with Gasteiger partial charge < -0.3 is 15.2 Å². The van der Waals surface area contributed by atoms with Crippen LogP contribution in [-0.4, -0.2) is 23.6 Å². The number of para-hydroxylation sites is 2. The van der Waals surface area contributed by atoms with Crippen LogP contribution in [-0.2, 0) is 9.59 Å². The highest BCUT2D eigenvalue weighted by atomic mass is 16.5. The number of hydrogen-bond donors (Lipinski definition) is 2. The Morgan fingerprint density at radius 1 is 1.23 bits per heavy atom. The zero-order chi connectivity index (χ0) is 15.7. The number of carboxylic acids is 1. The minimum Gasteiger partial charge on any atom is -0.492 e. The molecule has 2 bridgehead atoms. The van der Waals surface area contributed by atoms with Crippen molar-refractivity contribution >= 4 is 17.6 Å². The normalized spacial score (nSPS) is 28.6. The molecule has 0 spiro atoms. The molecule has 5 nitrogen and oxygen atoms in total. The lowest BCUT2D eigenvalue weighted by Crippen LogP contribution is -2.36. The summed E-state index contributed by atoms with van der Waals surface area (Å²) >= 11 is 0. The summed E-state index contributed by atoms with van der Waals surface area (Å²) < 4.78 is 5.49. The molecule has 0 aromatic heterocycles. The second-order valence-corrected chi connectivity index (χ2v) is 5.76. The molecule has 1 aromatic rings. The molecule has 1 fully saturated rings. The lowest BCUT2D eigenvalue weighted by molar-refractivity contribution is -0.146. The number of carboxylic acid groups (broad SMARTS) is 1. The number of carbonyl (C=O) groups is 2. The quantitative estimate of drug-likeness (QED) is 0.820. The first-order chi connectivity index (χ1) is 10.6. The first-order valence-electron chi connectivity index (χ1n) is 7.55. The molecule has 4 atom stereocenters. The Bertz CT molecular complexity index is 625. The highest BCUT2D eigenvalue weighted by Crippen LogP contribution is 2.48. The molecule has 1 amide bonds. The van der Waals surface area contributed by atoms with Gasteiger partial charge in [-0.05, 0) is 37.3 Å². The number of nitrogens with one attached hydrogen (secondary N) is 1. The maximum Gasteiger partial charge on any atom is 0.307 e. The van der Waals surface area contributed by atoms with Gasteiger partial charge in [0.15, 0.2) is 0 Å². The van der Waals surface area contributed by atoms with Gasteiger partial charge in [-0.3, -0.25) is 9.59 Å². The number of benzene rings is 1. The molecule has 22 heavy (non-hydrogen) atoms. The van der Waals surface area contributed by atoms with Crippen molar-refractivity contribution in [1.29, 1.82) is 0 Å². The topological polar surface area (TPSA) is 75.6 Å². The summed E-state index contributed by atoms with van der Waals surface area (Å²) in [5.74, 6) is -1.68. The molecule has 2 N–H and O–H groups in total. The van der Waals surface area contributed by atoms with Crippen LogP contribution in [0.25, 0.3) is 0 Å². The third-order valence-corrected chi connectivity index (χ3v) is 4.49. The van der Waals surface area contributed by atoms with Gasteiger partial charge in [0.05, 0.1) is 24.1 Å². The fourth-order valence-corrected chi connectivity index (χ4v) is 3.58. The van der Waals surface area contributed by atoms with Crippen LogP contribution in [0.5, 0.6) is 5.75 Å². The van der Waals surface area contributed by atoms with Gasteiger partial charge in [0.2, 0.25) is 5.91 Å². The molecule has 0 aliphatic heterocycles. The maximum atomic E-state index is 12.6. The molecule has 3 rings (SSSR count). The lowest BCUT2D eigenvalue weighted by Gasteiger charge is -2.24. The fourth-order valence-electron chi connectivity index (χ4n) is 3.58. The third kappa shape index (κ3) is 2.47. The van der Waals surface area contributed by atoms with Crippen LogP contribution in [0.4, 0.5) is 5.69 Å². The van der Waals surface area contributed by atoms with E-state index in [1.165, 1.54) is 0 Å². The van der Waals surface area contributed by atoms with Crippen molar-refractivity contribution in [1.82, 2.24) is 0 Å². The maximum absolute atomic E-state index is 12.6. The van der Waals surface area contributed by atoms with Gasteiger partial charge in [-0.15, -0.1) is 0 Å².